The lowest BCUT2D eigenvalue weighted by atomic mass is 9.72. The summed E-state index contributed by atoms with van der Waals surface area (Å²) >= 11 is 0. The first kappa shape index (κ1) is 38.5. The van der Waals surface area contributed by atoms with Gasteiger partial charge in [0.05, 0.1) is 55.3 Å². The van der Waals surface area contributed by atoms with Crippen LogP contribution < -0.4 is 20.7 Å². The van der Waals surface area contributed by atoms with Gasteiger partial charge in [-0.2, -0.15) is 0 Å². The fourth-order valence-corrected chi connectivity index (χ4v) is 7.71. The summed E-state index contributed by atoms with van der Waals surface area (Å²) in [7, 11) is 4.47. The molecule has 17 heteroatoms. The molecule has 2 fully saturated rings. The molecule has 2 aliphatic carbocycles. The van der Waals surface area contributed by atoms with Gasteiger partial charge < -0.3 is 60.1 Å². The molecule has 2 aromatic carbocycles. The van der Waals surface area contributed by atoms with Crippen LogP contribution in [0, 0.1) is 0 Å². The van der Waals surface area contributed by atoms with Crippen LogP contribution in [0.15, 0.2) is 18.2 Å². The fraction of sp³-hybridized carbons (Fsp3) is 0.556. The molecule has 0 radical (unpaired) electrons. The van der Waals surface area contributed by atoms with E-state index in [1.807, 2.05) is 4.90 Å². The number of nitrogens with one attached hydrogen (secondary N) is 3. The normalized spacial score (nSPS) is 28.4. The second-order valence-corrected chi connectivity index (χ2v) is 13.6. The lowest BCUT2D eigenvalue weighted by molar-refractivity contribution is -0.266. The number of ether oxygens (including phenoxy) is 5. The summed E-state index contributed by atoms with van der Waals surface area (Å²) in [5.41, 5.74) is -3.61. The van der Waals surface area contributed by atoms with Crippen molar-refractivity contribution >= 4 is 23.4 Å². The van der Waals surface area contributed by atoms with Crippen LogP contribution >= 0.6 is 0 Å². The number of aliphatic hydroxyl groups is 2. The summed E-state index contributed by atoms with van der Waals surface area (Å²) < 4.78 is 28.9. The van der Waals surface area contributed by atoms with Gasteiger partial charge in [0.1, 0.15) is 22.8 Å². The summed E-state index contributed by atoms with van der Waals surface area (Å²) in [5, 5.41) is 54.8. The number of nitrogens with zero attached hydrogens (tertiary/aromatic N) is 1. The van der Waals surface area contributed by atoms with Crippen molar-refractivity contribution in [2.75, 3.05) is 60.6 Å². The molecule has 7 atom stereocenters. The molecule has 2 aliphatic heterocycles. The van der Waals surface area contributed by atoms with Gasteiger partial charge in [-0.15, -0.1) is 0 Å². The summed E-state index contributed by atoms with van der Waals surface area (Å²) in [6, 6.07) is 3.93. The van der Waals surface area contributed by atoms with Gasteiger partial charge in [-0.1, -0.05) is 12.1 Å². The van der Waals surface area contributed by atoms with Crippen LogP contribution in [-0.4, -0.2) is 146 Å². The molecule has 17 nitrogen and oxygen atoms in total. The van der Waals surface area contributed by atoms with E-state index in [4.69, 9.17) is 23.7 Å². The minimum atomic E-state index is -2.26. The minimum absolute atomic E-state index is 0.0488. The van der Waals surface area contributed by atoms with E-state index in [0.29, 0.717) is 19.7 Å². The number of fused-ring (bicyclic) bond motifs is 3. The Labute approximate surface area is 305 Å². The number of amides is 2. The molecule has 2 aromatic rings. The standard InChI is InChI=1S/C36H46N4O13/c1-17-30(42)20(40-10-11-51-25(16-40)50-4)12-24(52-17)53-22-14-36(48,35(47)39-9-8-38-23(41)15-37-2)13-19-27(22)34(46)29-28(32(19)44)31(43)18-6-5-7-21(49-3)26(18)33(29)45/h5-7,17,20,22,24-25,30,37,42,44,46,48H,8-16H2,1-4H3,(H,38,41)(H,39,47)/t17?,20?,22-,24?,25?,30?,36-/m0/s1. The molecular weight excluding hydrogens is 696 g/mol. The quantitative estimate of drug-likeness (QED) is 0.0945. The number of aliphatic hydroxyl groups excluding tert-OH is 1. The molecule has 5 unspecified atom stereocenters. The second-order valence-electron chi connectivity index (χ2n) is 13.6. The fourth-order valence-electron chi connectivity index (χ4n) is 7.71. The maximum Gasteiger partial charge on any atom is 0.252 e. The number of ketones is 2. The van der Waals surface area contributed by atoms with Gasteiger partial charge >= 0.3 is 0 Å². The van der Waals surface area contributed by atoms with Gasteiger partial charge in [0.25, 0.3) is 5.91 Å². The largest absolute Gasteiger partial charge is 0.507 e. The topological polar surface area (TPSA) is 235 Å². The van der Waals surface area contributed by atoms with E-state index in [-0.39, 0.29) is 60.0 Å². The van der Waals surface area contributed by atoms with E-state index in [1.165, 1.54) is 32.4 Å². The summed E-state index contributed by atoms with van der Waals surface area (Å²) in [6.07, 6.45) is -5.52. The third-order valence-corrected chi connectivity index (χ3v) is 10.4. The average molecular weight is 743 g/mol. The van der Waals surface area contributed by atoms with E-state index < -0.39 is 95.5 Å². The third kappa shape index (κ3) is 7.23. The number of methoxy groups -OCH3 is 2. The summed E-state index contributed by atoms with van der Waals surface area (Å²) in [5.74, 6) is -3.95. The van der Waals surface area contributed by atoms with Crippen LogP contribution in [0.5, 0.6) is 17.2 Å². The smallest absolute Gasteiger partial charge is 0.252 e. The zero-order valence-corrected chi connectivity index (χ0v) is 30.0. The Hall–Kier alpha value is -4.20. The molecule has 6 rings (SSSR count). The Morgan fingerprint density at radius 1 is 1.04 bits per heavy atom. The lowest BCUT2D eigenvalue weighted by Gasteiger charge is -2.47. The molecule has 7 N–H and O–H groups in total. The Morgan fingerprint density at radius 2 is 1.77 bits per heavy atom. The number of hydrogen-bond acceptors (Lipinski definition) is 15. The molecule has 0 spiro atoms. The van der Waals surface area contributed by atoms with Crippen molar-refractivity contribution in [3.05, 3.63) is 51.6 Å². The highest BCUT2D eigenvalue weighted by Crippen LogP contribution is 2.52. The number of benzene rings is 2. The number of likely N-dealkylation sites (N-methyl/N-ethyl adjacent to an activating group) is 1. The van der Waals surface area contributed by atoms with E-state index in [9.17, 15) is 39.6 Å². The molecular formula is C36H46N4O13. The molecule has 0 aromatic heterocycles. The predicted octanol–water partition coefficient (Wildman–Crippen LogP) is -0.762. The van der Waals surface area contributed by atoms with Crippen molar-refractivity contribution in [3.63, 3.8) is 0 Å². The van der Waals surface area contributed by atoms with Gasteiger partial charge in [-0.3, -0.25) is 24.1 Å². The number of aromatic hydroxyl groups is 2. The van der Waals surface area contributed by atoms with Crippen LogP contribution in [0.25, 0.3) is 0 Å². The lowest BCUT2D eigenvalue weighted by Crippen LogP contribution is -2.59. The Kier molecular flexibility index (Phi) is 11.4. The summed E-state index contributed by atoms with van der Waals surface area (Å²) in [6.45, 7) is 2.96. The van der Waals surface area contributed by atoms with Crippen molar-refractivity contribution in [1.29, 1.82) is 0 Å². The molecule has 4 aliphatic rings. The maximum atomic E-state index is 14.0. The highest BCUT2D eigenvalue weighted by molar-refractivity contribution is 6.31. The molecule has 288 valence electrons. The van der Waals surface area contributed by atoms with Crippen molar-refractivity contribution < 1.29 is 63.3 Å². The number of morpholine rings is 1. The number of carbonyl (C=O) groups excluding carboxylic acids is 4. The highest BCUT2D eigenvalue weighted by atomic mass is 16.7. The number of phenols is 2. The number of rotatable bonds is 11. The van der Waals surface area contributed by atoms with Crippen molar-refractivity contribution in [3.8, 4) is 17.2 Å². The minimum Gasteiger partial charge on any atom is -0.507 e. The first-order chi connectivity index (χ1) is 25.3. The van der Waals surface area contributed by atoms with Crippen LogP contribution in [-0.2, 0) is 35.0 Å². The maximum absolute atomic E-state index is 14.0. The predicted molar refractivity (Wildman–Crippen MR) is 184 cm³/mol. The zero-order valence-electron chi connectivity index (χ0n) is 30.0. The monoisotopic (exact) mass is 742 g/mol. The molecule has 2 amide bonds. The number of phenolic OH excluding ortho intramolecular Hbond substituents is 2. The molecule has 53 heavy (non-hydrogen) atoms. The van der Waals surface area contributed by atoms with Crippen LogP contribution in [0.1, 0.15) is 68.8 Å². The molecule has 2 saturated heterocycles. The van der Waals surface area contributed by atoms with Crippen LogP contribution in [0.3, 0.4) is 0 Å². The van der Waals surface area contributed by atoms with Crippen molar-refractivity contribution in [2.24, 2.45) is 0 Å². The molecule has 2 heterocycles. The van der Waals surface area contributed by atoms with Crippen LogP contribution in [0.4, 0.5) is 0 Å². The van der Waals surface area contributed by atoms with E-state index in [1.54, 1.807) is 14.0 Å². The SMILES string of the molecule is CNCC(=O)NCCNC(=O)[C@]1(O)Cc2c(O)c3c(c(O)c2[C@@H](OC2CC(N4CCOC(OC)C4)C(O)C(C)O2)C1)C(=O)c1c(OC)cccc1C3=O. The first-order valence-electron chi connectivity index (χ1n) is 17.5. The third-order valence-electron chi connectivity index (χ3n) is 10.4. The Bertz CT molecular complexity index is 1770. The second kappa shape index (κ2) is 15.6. The molecule has 0 bridgehead atoms. The van der Waals surface area contributed by atoms with E-state index in [2.05, 4.69) is 16.0 Å². The number of carbonyl (C=O) groups is 4. The molecule has 0 saturated carbocycles. The average Bonchev–Trinajstić information content (AvgIpc) is 3.14. The Morgan fingerprint density at radius 3 is 2.49 bits per heavy atom. The van der Waals surface area contributed by atoms with Gasteiger partial charge in [0.2, 0.25) is 11.7 Å². The van der Waals surface area contributed by atoms with Gasteiger partial charge in [-0.25, -0.2) is 0 Å². The van der Waals surface area contributed by atoms with Gasteiger partial charge in [0, 0.05) is 75.3 Å². The first-order valence-corrected chi connectivity index (χ1v) is 17.5. The zero-order chi connectivity index (χ0) is 38.2. The summed E-state index contributed by atoms with van der Waals surface area (Å²) in [4.78, 5) is 55.5. The van der Waals surface area contributed by atoms with Crippen molar-refractivity contribution in [1.82, 2.24) is 20.9 Å². The Balaban J connectivity index is 1.37. The highest BCUT2D eigenvalue weighted by Gasteiger charge is 2.51. The van der Waals surface area contributed by atoms with E-state index >= 15 is 0 Å². The van der Waals surface area contributed by atoms with Gasteiger partial charge in [0.15, 0.2) is 18.4 Å². The number of hydrogen-bond donors (Lipinski definition) is 7. The van der Waals surface area contributed by atoms with Crippen LogP contribution in [0.2, 0.25) is 0 Å². The van der Waals surface area contributed by atoms with Crippen molar-refractivity contribution in [2.45, 2.75) is 68.7 Å². The van der Waals surface area contributed by atoms with E-state index in [0.717, 1.165) is 0 Å². The van der Waals surface area contributed by atoms with Gasteiger partial charge in [-0.05, 0) is 20.0 Å².